The lowest BCUT2D eigenvalue weighted by Gasteiger charge is -2.32. The van der Waals surface area contributed by atoms with E-state index in [1.807, 2.05) is 0 Å². The number of rotatable bonds is 9. The van der Waals surface area contributed by atoms with Crippen molar-refractivity contribution in [3.63, 3.8) is 0 Å². The van der Waals surface area contributed by atoms with Gasteiger partial charge in [0.05, 0.1) is 30.6 Å². The molecule has 5 atom stereocenters. The molecule has 0 bridgehead atoms. The maximum atomic E-state index is 13.6. The Morgan fingerprint density at radius 3 is 2.41 bits per heavy atom. The molecule has 2 aliphatic rings. The molecule has 1 aromatic rings. The highest BCUT2D eigenvalue weighted by molar-refractivity contribution is 7.88. The molecule has 10 nitrogen and oxygen atoms in total. The molecule has 188 valence electrons. The summed E-state index contributed by atoms with van der Waals surface area (Å²) in [4.78, 5) is 27.7. The summed E-state index contributed by atoms with van der Waals surface area (Å²) in [5, 5.41) is 5.56. The second-order valence-corrected chi connectivity index (χ2v) is 10.3. The molecule has 5 unspecified atom stereocenters. The second-order valence-electron chi connectivity index (χ2n) is 8.45. The molecular weight excluding hydrogens is 467 g/mol. The van der Waals surface area contributed by atoms with Crippen LogP contribution in [0.4, 0.5) is 4.39 Å². The van der Waals surface area contributed by atoms with Gasteiger partial charge in [-0.15, -0.1) is 0 Å². The van der Waals surface area contributed by atoms with Crippen LogP contribution >= 0.6 is 0 Å². The number of carbonyl (C=O) groups is 2. The van der Waals surface area contributed by atoms with E-state index in [0.717, 1.165) is 6.26 Å². The number of amides is 2. The predicted molar refractivity (Wildman–Crippen MR) is 123 cm³/mol. The van der Waals surface area contributed by atoms with Crippen molar-refractivity contribution in [1.82, 2.24) is 19.8 Å². The average molecular weight is 499 g/mol. The largest absolute Gasteiger partial charge is 0.458 e. The highest BCUT2D eigenvalue weighted by atomic mass is 32.2. The SMILES string of the molecule is CNC(C)C(=O)NC(C(=O)N1CCC2C1C(Oc1ccc(F)cc1)=CN2S(C)(=O)=O)C(C)OC. The first-order chi connectivity index (χ1) is 16.0. The minimum Gasteiger partial charge on any atom is -0.458 e. The Labute approximate surface area is 199 Å². The van der Waals surface area contributed by atoms with Crippen molar-refractivity contribution in [3.8, 4) is 5.75 Å². The van der Waals surface area contributed by atoms with Crippen molar-refractivity contribution >= 4 is 21.8 Å². The smallest absolute Gasteiger partial charge is 0.248 e. The summed E-state index contributed by atoms with van der Waals surface area (Å²) in [5.74, 6) is -0.680. The number of nitrogens with one attached hydrogen (secondary N) is 2. The molecule has 0 aromatic heterocycles. The quantitative estimate of drug-likeness (QED) is 0.507. The lowest BCUT2D eigenvalue weighted by molar-refractivity contribution is -0.141. The van der Waals surface area contributed by atoms with Gasteiger partial charge in [-0.05, 0) is 51.6 Å². The van der Waals surface area contributed by atoms with Crippen LogP contribution in [0.15, 0.2) is 36.2 Å². The second kappa shape index (κ2) is 10.3. The van der Waals surface area contributed by atoms with Crippen LogP contribution in [0.1, 0.15) is 20.3 Å². The first kappa shape index (κ1) is 25.9. The molecule has 1 fully saturated rings. The van der Waals surface area contributed by atoms with Gasteiger partial charge in [0.1, 0.15) is 29.4 Å². The van der Waals surface area contributed by atoms with Crippen molar-refractivity contribution < 1.29 is 31.9 Å². The van der Waals surface area contributed by atoms with E-state index < -0.39 is 52.0 Å². The molecule has 0 spiro atoms. The predicted octanol–water partition coefficient (Wildman–Crippen LogP) is 0.418. The molecule has 34 heavy (non-hydrogen) atoms. The monoisotopic (exact) mass is 498 g/mol. The van der Waals surface area contributed by atoms with Crippen molar-refractivity contribution in [2.75, 3.05) is 27.0 Å². The van der Waals surface area contributed by atoms with Gasteiger partial charge >= 0.3 is 0 Å². The number of sulfonamides is 1. The van der Waals surface area contributed by atoms with E-state index >= 15 is 0 Å². The van der Waals surface area contributed by atoms with Gasteiger partial charge in [0.2, 0.25) is 21.8 Å². The van der Waals surface area contributed by atoms with E-state index in [2.05, 4.69) is 10.6 Å². The Morgan fingerprint density at radius 2 is 1.85 bits per heavy atom. The Kier molecular flexibility index (Phi) is 7.84. The van der Waals surface area contributed by atoms with Crippen LogP contribution in [-0.2, 0) is 24.3 Å². The number of benzene rings is 1. The Morgan fingerprint density at radius 1 is 1.21 bits per heavy atom. The molecule has 1 aromatic carbocycles. The standard InChI is InChI=1S/C22H31FN4O6S/c1-13(24-3)21(28)25-19(14(2)32-4)22(29)26-11-10-17-20(26)18(12-27(17)34(5,30)31)33-16-8-6-15(23)7-9-16/h6-9,12-14,17,19-20,24H,10-11H2,1-5H3,(H,25,28). The van der Waals surface area contributed by atoms with Gasteiger partial charge in [-0.3, -0.25) is 13.9 Å². The number of halogens is 1. The van der Waals surface area contributed by atoms with E-state index in [9.17, 15) is 22.4 Å². The van der Waals surface area contributed by atoms with E-state index in [0.29, 0.717) is 12.2 Å². The first-order valence-electron chi connectivity index (χ1n) is 10.9. The Balaban J connectivity index is 1.92. The highest BCUT2D eigenvalue weighted by Crippen LogP contribution is 2.37. The summed E-state index contributed by atoms with van der Waals surface area (Å²) in [6.07, 6.45) is 2.19. The number of hydrogen-bond acceptors (Lipinski definition) is 7. The number of hydrogen-bond donors (Lipinski definition) is 2. The van der Waals surface area contributed by atoms with E-state index in [4.69, 9.17) is 9.47 Å². The molecule has 0 radical (unpaired) electrons. The summed E-state index contributed by atoms with van der Waals surface area (Å²) >= 11 is 0. The zero-order chi connectivity index (χ0) is 25.2. The van der Waals surface area contributed by atoms with Gasteiger partial charge in [0.15, 0.2) is 0 Å². The number of fused-ring (bicyclic) bond motifs is 1. The lowest BCUT2D eigenvalue weighted by Crippen LogP contribution is -2.58. The maximum Gasteiger partial charge on any atom is 0.248 e. The molecule has 2 amide bonds. The summed E-state index contributed by atoms with van der Waals surface area (Å²) in [6.45, 7) is 3.59. The molecule has 1 saturated heterocycles. The summed E-state index contributed by atoms with van der Waals surface area (Å²) in [5.41, 5.74) is 0. The molecule has 2 aliphatic heterocycles. The van der Waals surface area contributed by atoms with Crippen molar-refractivity contribution in [2.24, 2.45) is 0 Å². The van der Waals surface area contributed by atoms with Crippen LogP contribution in [0.3, 0.4) is 0 Å². The zero-order valence-corrected chi connectivity index (χ0v) is 20.6. The van der Waals surface area contributed by atoms with E-state index in [1.54, 1.807) is 20.9 Å². The molecule has 12 heteroatoms. The van der Waals surface area contributed by atoms with Crippen LogP contribution in [-0.4, -0.2) is 86.7 Å². The van der Waals surface area contributed by atoms with Gasteiger partial charge in [-0.1, -0.05) is 0 Å². The number of likely N-dealkylation sites (tertiary alicyclic amines) is 1. The third-order valence-corrected chi connectivity index (χ3v) is 7.33. The van der Waals surface area contributed by atoms with Gasteiger partial charge in [-0.25, -0.2) is 12.8 Å². The van der Waals surface area contributed by atoms with Gasteiger partial charge in [0, 0.05) is 13.7 Å². The van der Waals surface area contributed by atoms with Crippen molar-refractivity contribution in [3.05, 3.63) is 42.0 Å². The highest BCUT2D eigenvalue weighted by Gasteiger charge is 2.51. The van der Waals surface area contributed by atoms with Crippen LogP contribution in [0.5, 0.6) is 5.75 Å². The van der Waals surface area contributed by atoms with Crippen LogP contribution in [0, 0.1) is 5.82 Å². The molecule has 0 saturated carbocycles. The topological polar surface area (TPSA) is 117 Å². The minimum absolute atomic E-state index is 0.242. The first-order valence-corrected chi connectivity index (χ1v) is 12.8. The van der Waals surface area contributed by atoms with Crippen LogP contribution in [0.2, 0.25) is 0 Å². The van der Waals surface area contributed by atoms with E-state index in [1.165, 1.54) is 46.8 Å². The van der Waals surface area contributed by atoms with Gasteiger partial charge in [-0.2, -0.15) is 0 Å². The minimum atomic E-state index is -3.64. The summed E-state index contributed by atoms with van der Waals surface area (Å²) in [7, 11) is -0.564. The third-order valence-electron chi connectivity index (χ3n) is 6.19. The van der Waals surface area contributed by atoms with Gasteiger partial charge in [0.25, 0.3) is 0 Å². The molecule has 0 aliphatic carbocycles. The molecular formula is C22H31FN4O6S. The zero-order valence-electron chi connectivity index (χ0n) is 19.8. The number of nitrogens with zero attached hydrogens (tertiary/aromatic N) is 2. The summed E-state index contributed by atoms with van der Waals surface area (Å²) < 4.78 is 50.6. The number of carbonyl (C=O) groups excluding carboxylic acids is 2. The molecule has 2 N–H and O–H groups in total. The fraction of sp³-hybridized carbons (Fsp3) is 0.545. The Hall–Kier alpha value is -2.70. The Bertz CT molecular complexity index is 1050. The molecule has 3 rings (SSSR count). The molecule has 2 heterocycles. The normalized spacial score (nSPS) is 22.6. The van der Waals surface area contributed by atoms with Crippen LogP contribution in [0.25, 0.3) is 0 Å². The van der Waals surface area contributed by atoms with Gasteiger partial charge < -0.3 is 25.0 Å². The van der Waals surface area contributed by atoms with E-state index in [-0.39, 0.29) is 18.2 Å². The average Bonchev–Trinajstić information content (AvgIpc) is 3.38. The number of methoxy groups -OCH3 is 1. The van der Waals surface area contributed by atoms with Crippen molar-refractivity contribution in [2.45, 2.75) is 50.5 Å². The fourth-order valence-corrected chi connectivity index (χ4v) is 5.11. The van der Waals surface area contributed by atoms with Crippen molar-refractivity contribution in [1.29, 1.82) is 0 Å². The number of likely N-dealkylation sites (N-methyl/N-ethyl adjacent to an activating group) is 1. The fourth-order valence-electron chi connectivity index (χ4n) is 4.10. The maximum absolute atomic E-state index is 13.6. The summed E-state index contributed by atoms with van der Waals surface area (Å²) in [6, 6.07) is 2.50. The third kappa shape index (κ3) is 5.34. The number of ether oxygens (including phenoxy) is 2. The lowest BCUT2D eigenvalue weighted by atomic mass is 10.1. The van der Waals surface area contributed by atoms with Crippen LogP contribution < -0.4 is 15.4 Å².